The Morgan fingerprint density at radius 3 is 2.56 bits per heavy atom. The third-order valence-electron chi connectivity index (χ3n) is 4.22. The highest BCUT2D eigenvalue weighted by Crippen LogP contribution is 2.24. The third-order valence-corrected chi connectivity index (χ3v) is 4.22. The molecule has 0 aromatic heterocycles. The van der Waals surface area contributed by atoms with Gasteiger partial charge in [-0.25, -0.2) is 0 Å². The molecule has 0 bridgehead atoms. The molecule has 138 valence electrons. The molecule has 0 N–H and O–H groups in total. The summed E-state index contributed by atoms with van der Waals surface area (Å²) in [5.41, 5.74) is 12.8. The molecule has 0 unspecified atom stereocenters. The Labute approximate surface area is 153 Å². The summed E-state index contributed by atoms with van der Waals surface area (Å²) in [6.45, 7) is 13.5. The number of ketones is 1. The highest BCUT2D eigenvalue weighted by atomic mass is 16.1. The topological polar surface area (TPSA) is 65.8 Å². The minimum Gasteiger partial charge on any atom is -0.299 e. The van der Waals surface area contributed by atoms with Crippen LogP contribution in [0.25, 0.3) is 10.4 Å². The van der Waals surface area contributed by atoms with Crippen molar-refractivity contribution >= 4 is 5.78 Å². The van der Waals surface area contributed by atoms with Gasteiger partial charge in [0.15, 0.2) is 0 Å². The normalized spacial score (nSPS) is 13.6. The number of nitrogens with zero attached hydrogens (tertiary/aromatic N) is 3. The van der Waals surface area contributed by atoms with Crippen molar-refractivity contribution in [1.29, 1.82) is 0 Å². The Balaban J connectivity index is 4.31. The highest BCUT2D eigenvalue weighted by molar-refractivity contribution is 5.80. The average Bonchev–Trinajstić information content (AvgIpc) is 2.56. The predicted molar refractivity (Wildman–Crippen MR) is 106 cm³/mol. The summed E-state index contributed by atoms with van der Waals surface area (Å²) in [7, 11) is 0. The minimum atomic E-state index is -0.129. The molecule has 0 saturated carbocycles. The van der Waals surface area contributed by atoms with Crippen LogP contribution in [0.15, 0.2) is 47.8 Å². The van der Waals surface area contributed by atoms with E-state index in [-0.39, 0.29) is 23.7 Å². The van der Waals surface area contributed by atoms with Crippen LogP contribution in [0.4, 0.5) is 0 Å². The average molecular weight is 344 g/mol. The molecular weight excluding hydrogens is 310 g/mol. The van der Waals surface area contributed by atoms with Gasteiger partial charge in [0.2, 0.25) is 0 Å². The van der Waals surface area contributed by atoms with Crippen LogP contribution in [0, 0.1) is 11.8 Å². The van der Waals surface area contributed by atoms with Gasteiger partial charge in [-0.1, -0.05) is 30.6 Å². The molecule has 0 rings (SSSR count). The number of unbranched alkanes of at least 4 members (excludes halogenated alkanes) is 2. The van der Waals surface area contributed by atoms with Crippen molar-refractivity contribution in [2.45, 2.75) is 71.8 Å². The summed E-state index contributed by atoms with van der Waals surface area (Å²) < 4.78 is 0. The van der Waals surface area contributed by atoms with Crippen molar-refractivity contribution in [3.63, 3.8) is 0 Å². The molecule has 0 fully saturated rings. The zero-order valence-electron chi connectivity index (χ0n) is 16.1. The number of azide groups is 1. The van der Waals surface area contributed by atoms with Crippen molar-refractivity contribution in [3.8, 4) is 0 Å². The fraction of sp³-hybridized carbons (Fsp3) is 0.619. The van der Waals surface area contributed by atoms with Gasteiger partial charge in [-0.2, -0.15) is 0 Å². The molecule has 0 amide bonds. The summed E-state index contributed by atoms with van der Waals surface area (Å²) in [4.78, 5) is 15.2. The van der Waals surface area contributed by atoms with Crippen molar-refractivity contribution in [2.75, 3.05) is 0 Å². The molecule has 0 saturated heterocycles. The first-order chi connectivity index (χ1) is 11.9. The third kappa shape index (κ3) is 12.1. The molecule has 3 atom stereocenters. The number of carbonyl (C=O) groups is 1. The fourth-order valence-electron chi connectivity index (χ4n) is 2.70. The van der Waals surface area contributed by atoms with Crippen molar-refractivity contribution < 1.29 is 4.79 Å². The van der Waals surface area contributed by atoms with E-state index in [1.165, 1.54) is 0 Å². The fourth-order valence-corrected chi connectivity index (χ4v) is 2.70. The lowest BCUT2D eigenvalue weighted by molar-refractivity contribution is -0.122. The number of carbonyl (C=O) groups excluding carboxylic acids is 1. The smallest absolute Gasteiger partial charge is 0.136 e. The van der Waals surface area contributed by atoms with Gasteiger partial charge >= 0.3 is 0 Å². The standard InChI is InChI=1S/C21H33N3O/c1-6-7-8-9-10-11-12-13-14-21(25)19(5)16-18(4)20(23-24-22)15-17(2)3/h6,10,12,18-20H,1-2,7-9,13-16H2,3-5H3/t11?,18-,19-,20+/m0/s1. The first-order valence-electron chi connectivity index (χ1n) is 9.13. The molecule has 0 aliphatic heterocycles. The number of rotatable bonds is 14. The Kier molecular flexibility index (Phi) is 13.2. The molecule has 25 heavy (non-hydrogen) atoms. The number of Topliss-reactive ketones (excluding diaryl/α,β-unsaturated/α-hetero) is 1. The van der Waals surface area contributed by atoms with Gasteiger partial charge in [-0.05, 0) is 69.0 Å². The SMILES string of the molecule is C=CCCCC=C=CCCC(=O)[C@@H](C)C[C@H](C)[C@@H](CC(=C)C)N=[N+]=[N-]. The first kappa shape index (κ1) is 23.0. The summed E-state index contributed by atoms with van der Waals surface area (Å²) in [5, 5.41) is 3.88. The number of hydrogen-bond acceptors (Lipinski definition) is 2. The zero-order valence-corrected chi connectivity index (χ0v) is 16.1. The Hall–Kier alpha value is -2.02. The van der Waals surface area contributed by atoms with Crippen LogP contribution in [0.5, 0.6) is 0 Å². The monoisotopic (exact) mass is 343 g/mol. The van der Waals surface area contributed by atoms with E-state index in [0.29, 0.717) is 12.8 Å². The van der Waals surface area contributed by atoms with Crippen LogP contribution in [0.2, 0.25) is 0 Å². The molecule has 0 spiro atoms. The van der Waals surface area contributed by atoms with Crippen molar-refractivity contribution in [1.82, 2.24) is 0 Å². The quantitative estimate of drug-likeness (QED) is 0.0862. The molecule has 0 aliphatic rings. The van der Waals surface area contributed by atoms with Gasteiger partial charge in [0.25, 0.3) is 0 Å². The second-order valence-electron chi connectivity index (χ2n) is 6.85. The van der Waals surface area contributed by atoms with Crippen LogP contribution in [0.1, 0.15) is 65.7 Å². The van der Waals surface area contributed by atoms with Crippen LogP contribution >= 0.6 is 0 Å². The second kappa shape index (κ2) is 14.3. The van der Waals surface area contributed by atoms with E-state index in [1.807, 2.05) is 39.0 Å². The van der Waals surface area contributed by atoms with E-state index in [1.54, 1.807) is 0 Å². The van der Waals surface area contributed by atoms with Gasteiger partial charge in [0.1, 0.15) is 5.78 Å². The van der Waals surface area contributed by atoms with E-state index >= 15 is 0 Å². The molecule has 4 heteroatoms. The lowest BCUT2D eigenvalue weighted by Gasteiger charge is -2.22. The zero-order chi connectivity index (χ0) is 19.1. The second-order valence-corrected chi connectivity index (χ2v) is 6.85. The molecule has 0 aromatic carbocycles. The van der Waals surface area contributed by atoms with E-state index in [0.717, 1.165) is 37.7 Å². The maximum atomic E-state index is 12.3. The predicted octanol–water partition coefficient (Wildman–Crippen LogP) is 6.71. The van der Waals surface area contributed by atoms with Crippen molar-refractivity contribution in [2.24, 2.45) is 17.0 Å². The highest BCUT2D eigenvalue weighted by Gasteiger charge is 2.21. The van der Waals surface area contributed by atoms with Crippen LogP contribution < -0.4 is 0 Å². The van der Waals surface area contributed by atoms with E-state index < -0.39 is 0 Å². The lowest BCUT2D eigenvalue weighted by Crippen LogP contribution is -2.21. The van der Waals surface area contributed by atoms with Crippen LogP contribution in [0.3, 0.4) is 0 Å². The number of hydrogen-bond donors (Lipinski definition) is 0. The molecular formula is C21H33N3O. The maximum Gasteiger partial charge on any atom is 0.136 e. The lowest BCUT2D eigenvalue weighted by atomic mass is 9.86. The molecule has 4 nitrogen and oxygen atoms in total. The molecule has 0 heterocycles. The van der Waals surface area contributed by atoms with Gasteiger partial charge in [0, 0.05) is 23.3 Å². The molecule has 0 radical (unpaired) electrons. The van der Waals surface area contributed by atoms with Gasteiger partial charge in [-0.15, -0.1) is 18.9 Å². The largest absolute Gasteiger partial charge is 0.299 e. The van der Waals surface area contributed by atoms with Gasteiger partial charge < -0.3 is 0 Å². The minimum absolute atomic E-state index is 0.0264. The first-order valence-corrected chi connectivity index (χ1v) is 9.13. The van der Waals surface area contributed by atoms with Crippen LogP contribution in [-0.2, 0) is 4.79 Å². The molecule has 0 aromatic rings. The van der Waals surface area contributed by atoms with E-state index in [4.69, 9.17) is 5.53 Å². The van der Waals surface area contributed by atoms with E-state index in [2.05, 4.69) is 28.9 Å². The summed E-state index contributed by atoms with van der Waals surface area (Å²) in [5.74, 6) is 0.389. The summed E-state index contributed by atoms with van der Waals surface area (Å²) in [6.07, 6.45) is 11.6. The van der Waals surface area contributed by atoms with Crippen LogP contribution in [-0.4, -0.2) is 11.8 Å². The molecule has 0 aliphatic carbocycles. The Morgan fingerprint density at radius 2 is 1.96 bits per heavy atom. The Bertz CT molecular complexity index is 537. The Morgan fingerprint density at radius 1 is 1.28 bits per heavy atom. The van der Waals surface area contributed by atoms with E-state index in [9.17, 15) is 4.79 Å². The summed E-state index contributed by atoms with van der Waals surface area (Å²) in [6, 6.07) is -0.129. The maximum absolute atomic E-state index is 12.3. The number of allylic oxidation sites excluding steroid dienone is 2. The summed E-state index contributed by atoms with van der Waals surface area (Å²) >= 11 is 0. The van der Waals surface area contributed by atoms with Gasteiger partial charge in [-0.3, -0.25) is 4.79 Å². The van der Waals surface area contributed by atoms with Crippen molar-refractivity contribution in [3.05, 3.63) is 53.1 Å². The van der Waals surface area contributed by atoms with Gasteiger partial charge in [0.05, 0.1) is 0 Å².